The summed E-state index contributed by atoms with van der Waals surface area (Å²) in [5.74, 6) is -0.332. The molecule has 0 radical (unpaired) electrons. The Hall–Kier alpha value is -2.13. The van der Waals surface area contributed by atoms with E-state index >= 15 is 0 Å². The normalized spacial score (nSPS) is 12.8. The SMILES string of the molecule is CCCCNc1ccc2c(c1Cl)C(=O)c1ccccc1C2=O. The van der Waals surface area contributed by atoms with E-state index in [1.165, 1.54) is 0 Å². The van der Waals surface area contributed by atoms with Gasteiger partial charge >= 0.3 is 0 Å². The lowest BCUT2D eigenvalue weighted by atomic mass is 9.84. The number of rotatable bonds is 4. The zero-order chi connectivity index (χ0) is 15.7. The minimum Gasteiger partial charge on any atom is -0.384 e. The summed E-state index contributed by atoms with van der Waals surface area (Å²) in [6, 6.07) is 10.3. The van der Waals surface area contributed by atoms with Gasteiger partial charge in [-0.3, -0.25) is 9.59 Å². The molecule has 112 valence electrons. The molecule has 0 amide bonds. The van der Waals surface area contributed by atoms with E-state index in [-0.39, 0.29) is 11.6 Å². The third-order valence-corrected chi connectivity index (χ3v) is 4.27. The highest BCUT2D eigenvalue weighted by molar-refractivity contribution is 6.41. The van der Waals surface area contributed by atoms with Crippen molar-refractivity contribution >= 4 is 28.9 Å². The van der Waals surface area contributed by atoms with Crippen molar-refractivity contribution in [2.24, 2.45) is 0 Å². The van der Waals surface area contributed by atoms with Gasteiger partial charge in [-0.05, 0) is 18.6 Å². The zero-order valence-electron chi connectivity index (χ0n) is 12.3. The fraction of sp³-hybridized carbons (Fsp3) is 0.222. The molecule has 0 atom stereocenters. The standard InChI is InChI=1S/C18H16ClNO2/c1-2-3-10-20-14-9-8-13-15(16(14)19)18(22)12-7-5-4-6-11(12)17(13)21/h4-9,20H,2-3,10H2,1H3. The first-order chi connectivity index (χ1) is 10.6. The molecule has 4 heteroatoms. The van der Waals surface area contributed by atoms with Gasteiger partial charge in [-0.15, -0.1) is 0 Å². The Morgan fingerprint density at radius 3 is 2.32 bits per heavy atom. The summed E-state index contributed by atoms with van der Waals surface area (Å²) in [5.41, 5.74) is 2.27. The molecule has 0 heterocycles. The van der Waals surface area contributed by atoms with Gasteiger partial charge in [-0.25, -0.2) is 0 Å². The Kier molecular flexibility index (Phi) is 3.99. The van der Waals surface area contributed by atoms with Crippen LogP contribution in [0.5, 0.6) is 0 Å². The lowest BCUT2D eigenvalue weighted by Gasteiger charge is -2.20. The number of hydrogen-bond donors (Lipinski definition) is 1. The van der Waals surface area contributed by atoms with Crippen LogP contribution in [0.25, 0.3) is 0 Å². The number of benzene rings is 2. The summed E-state index contributed by atoms with van der Waals surface area (Å²) in [5, 5.41) is 3.56. The second-order valence-corrected chi connectivity index (χ2v) is 5.71. The quantitative estimate of drug-likeness (QED) is 0.729. The van der Waals surface area contributed by atoms with Crippen LogP contribution in [0.1, 0.15) is 51.6 Å². The average Bonchev–Trinajstić information content (AvgIpc) is 2.54. The fourth-order valence-electron chi connectivity index (χ4n) is 2.68. The summed E-state index contributed by atoms with van der Waals surface area (Å²) < 4.78 is 0. The molecular weight excluding hydrogens is 298 g/mol. The van der Waals surface area contributed by atoms with E-state index < -0.39 is 0 Å². The molecule has 0 fully saturated rings. The number of fused-ring (bicyclic) bond motifs is 2. The smallest absolute Gasteiger partial charge is 0.196 e. The van der Waals surface area contributed by atoms with E-state index in [2.05, 4.69) is 12.2 Å². The monoisotopic (exact) mass is 313 g/mol. The topological polar surface area (TPSA) is 46.2 Å². The van der Waals surface area contributed by atoms with Gasteiger partial charge < -0.3 is 5.32 Å². The second-order valence-electron chi connectivity index (χ2n) is 5.33. The minimum absolute atomic E-state index is 0.146. The summed E-state index contributed by atoms with van der Waals surface area (Å²) in [7, 11) is 0. The van der Waals surface area contributed by atoms with Crippen LogP contribution in [0.3, 0.4) is 0 Å². The van der Waals surface area contributed by atoms with Crippen molar-refractivity contribution in [2.75, 3.05) is 11.9 Å². The molecule has 0 saturated heterocycles. The van der Waals surface area contributed by atoms with Gasteiger partial charge in [0, 0.05) is 23.2 Å². The average molecular weight is 314 g/mol. The van der Waals surface area contributed by atoms with E-state index in [9.17, 15) is 9.59 Å². The molecule has 1 N–H and O–H groups in total. The molecule has 2 aromatic rings. The molecule has 0 aromatic heterocycles. The predicted molar refractivity (Wildman–Crippen MR) is 88.2 cm³/mol. The van der Waals surface area contributed by atoms with Crippen molar-refractivity contribution in [1.29, 1.82) is 0 Å². The van der Waals surface area contributed by atoms with Gasteiger partial charge in [0.1, 0.15) is 0 Å². The number of unbranched alkanes of at least 4 members (excludes halogenated alkanes) is 1. The maximum absolute atomic E-state index is 12.7. The fourth-order valence-corrected chi connectivity index (χ4v) is 3.00. The second kappa shape index (κ2) is 5.93. The Balaban J connectivity index is 2.07. The van der Waals surface area contributed by atoms with Crippen LogP contribution in [0.15, 0.2) is 36.4 Å². The first-order valence-electron chi connectivity index (χ1n) is 7.40. The lowest BCUT2D eigenvalue weighted by Crippen LogP contribution is -2.21. The van der Waals surface area contributed by atoms with Crippen molar-refractivity contribution in [1.82, 2.24) is 0 Å². The van der Waals surface area contributed by atoms with Gasteiger partial charge in [-0.2, -0.15) is 0 Å². The van der Waals surface area contributed by atoms with Gasteiger partial charge in [0.15, 0.2) is 11.6 Å². The number of ketones is 2. The summed E-state index contributed by atoms with van der Waals surface area (Å²) in [6.07, 6.45) is 2.09. The lowest BCUT2D eigenvalue weighted by molar-refractivity contribution is 0.0979. The maximum Gasteiger partial charge on any atom is 0.196 e. The third-order valence-electron chi connectivity index (χ3n) is 3.88. The first-order valence-corrected chi connectivity index (χ1v) is 7.77. The predicted octanol–water partition coefficient (Wildman–Crippen LogP) is 4.33. The summed E-state index contributed by atoms with van der Waals surface area (Å²) >= 11 is 6.40. The number of hydrogen-bond acceptors (Lipinski definition) is 3. The molecule has 0 saturated carbocycles. The van der Waals surface area contributed by atoms with E-state index in [0.29, 0.717) is 33.0 Å². The molecule has 0 bridgehead atoms. The molecule has 22 heavy (non-hydrogen) atoms. The Bertz CT molecular complexity index is 768. The Morgan fingerprint density at radius 1 is 0.955 bits per heavy atom. The minimum atomic E-state index is -0.186. The molecule has 0 unspecified atom stereocenters. The number of carbonyl (C=O) groups is 2. The third kappa shape index (κ3) is 2.32. The molecule has 2 aromatic carbocycles. The molecule has 3 rings (SSSR count). The van der Waals surface area contributed by atoms with Crippen LogP contribution in [0, 0.1) is 0 Å². The number of carbonyl (C=O) groups excluding carboxylic acids is 2. The first kappa shape index (κ1) is 14.8. The van der Waals surface area contributed by atoms with Crippen LogP contribution in [-0.4, -0.2) is 18.1 Å². The Morgan fingerprint density at radius 2 is 1.64 bits per heavy atom. The van der Waals surface area contributed by atoms with Crippen molar-refractivity contribution in [2.45, 2.75) is 19.8 Å². The highest BCUT2D eigenvalue weighted by atomic mass is 35.5. The van der Waals surface area contributed by atoms with Crippen molar-refractivity contribution < 1.29 is 9.59 Å². The molecule has 1 aliphatic rings. The van der Waals surface area contributed by atoms with Crippen molar-refractivity contribution in [3.8, 4) is 0 Å². The van der Waals surface area contributed by atoms with E-state index in [0.717, 1.165) is 19.4 Å². The van der Waals surface area contributed by atoms with Crippen LogP contribution in [0.4, 0.5) is 5.69 Å². The summed E-state index contributed by atoms with van der Waals surface area (Å²) in [6.45, 7) is 2.89. The van der Waals surface area contributed by atoms with E-state index in [4.69, 9.17) is 11.6 Å². The van der Waals surface area contributed by atoms with Gasteiger partial charge in [0.25, 0.3) is 0 Å². The highest BCUT2D eigenvalue weighted by Crippen LogP contribution is 2.36. The van der Waals surface area contributed by atoms with Gasteiger partial charge in [-0.1, -0.05) is 49.2 Å². The Labute approximate surface area is 134 Å². The maximum atomic E-state index is 12.7. The highest BCUT2D eigenvalue weighted by Gasteiger charge is 2.31. The molecule has 0 aliphatic heterocycles. The van der Waals surface area contributed by atoms with Crippen molar-refractivity contribution in [3.05, 3.63) is 63.7 Å². The van der Waals surface area contributed by atoms with E-state index in [1.807, 2.05) is 0 Å². The zero-order valence-corrected chi connectivity index (χ0v) is 13.0. The van der Waals surface area contributed by atoms with Crippen LogP contribution in [-0.2, 0) is 0 Å². The van der Waals surface area contributed by atoms with E-state index in [1.54, 1.807) is 36.4 Å². The van der Waals surface area contributed by atoms with Gasteiger partial charge in [0.2, 0.25) is 0 Å². The molecule has 0 spiro atoms. The number of nitrogens with one attached hydrogen (secondary N) is 1. The largest absolute Gasteiger partial charge is 0.384 e. The summed E-state index contributed by atoms with van der Waals surface area (Å²) in [4.78, 5) is 25.2. The van der Waals surface area contributed by atoms with Crippen LogP contribution >= 0.6 is 11.6 Å². The van der Waals surface area contributed by atoms with Crippen molar-refractivity contribution in [3.63, 3.8) is 0 Å². The molecular formula is C18H16ClNO2. The number of halogens is 1. The molecule has 1 aliphatic carbocycles. The van der Waals surface area contributed by atoms with Crippen LogP contribution in [0.2, 0.25) is 5.02 Å². The van der Waals surface area contributed by atoms with Crippen LogP contribution < -0.4 is 5.32 Å². The number of anilines is 1. The van der Waals surface area contributed by atoms with Gasteiger partial charge in [0.05, 0.1) is 16.3 Å². The molecule has 3 nitrogen and oxygen atoms in total.